The van der Waals surface area contributed by atoms with Gasteiger partial charge in [-0.1, -0.05) is 24.3 Å². The second-order valence-corrected chi connectivity index (χ2v) is 4.15. The molecule has 0 saturated heterocycles. The second-order valence-electron chi connectivity index (χ2n) is 4.15. The Balaban J connectivity index is 2.17. The van der Waals surface area contributed by atoms with Crippen LogP contribution in [0.2, 0.25) is 0 Å². The molecule has 0 amide bonds. The van der Waals surface area contributed by atoms with Crippen molar-refractivity contribution < 1.29 is 22.3 Å². The third-order valence-corrected chi connectivity index (χ3v) is 2.68. The van der Waals surface area contributed by atoms with Crippen LogP contribution < -0.4 is 10.5 Å². The van der Waals surface area contributed by atoms with Gasteiger partial charge in [-0.25, -0.2) is 4.39 Å². The van der Waals surface area contributed by atoms with Crippen LogP contribution in [0.15, 0.2) is 48.5 Å². The number of hydrogen-bond donors (Lipinski definition) is 1. The Hall–Kier alpha value is -2.08. The Morgan fingerprint density at radius 1 is 0.950 bits per heavy atom. The highest BCUT2D eigenvalue weighted by atomic mass is 19.4. The van der Waals surface area contributed by atoms with Crippen LogP contribution in [0.4, 0.5) is 17.6 Å². The van der Waals surface area contributed by atoms with E-state index in [4.69, 9.17) is 5.73 Å². The lowest BCUT2D eigenvalue weighted by Crippen LogP contribution is -2.17. The van der Waals surface area contributed by atoms with Gasteiger partial charge in [0.1, 0.15) is 11.6 Å². The van der Waals surface area contributed by atoms with Crippen molar-refractivity contribution in [1.29, 1.82) is 0 Å². The standard InChI is InChI=1S/C14H11F4NO/c15-11-3-1-2-10(8-11)13(19)9-4-6-12(7-5-9)20-14(16,17)18/h1-8,13H,19H2. The van der Waals surface area contributed by atoms with Crippen molar-refractivity contribution in [2.75, 3.05) is 0 Å². The highest BCUT2D eigenvalue weighted by Crippen LogP contribution is 2.26. The molecule has 20 heavy (non-hydrogen) atoms. The van der Waals surface area contributed by atoms with Gasteiger partial charge in [0.05, 0.1) is 6.04 Å². The molecule has 0 saturated carbocycles. The van der Waals surface area contributed by atoms with Crippen molar-refractivity contribution in [2.24, 2.45) is 5.73 Å². The van der Waals surface area contributed by atoms with E-state index in [9.17, 15) is 17.6 Å². The number of benzene rings is 2. The molecule has 0 spiro atoms. The zero-order valence-corrected chi connectivity index (χ0v) is 10.2. The fraction of sp³-hybridized carbons (Fsp3) is 0.143. The number of rotatable bonds is 3. The molecule has 2 aromatic rings. The molecule has 0 fully saturated rings. The SMILES string of the molecule is NC(c1ccc(OC(F)(F)F)cc1)c1cccc(F)c1. The van der Waals surface area contributed by atoms with Gasteiger partial charge in [-0.2, -0.15) is 0 Å². The zero-order valence-electron chi connectivity index (χ0n) is 10.2. The van der Waals surface area contributed by atoms with Gasteiger partial charge >= 0.3 is 6.36 Å². The third kappa shape index (κ3) is 3.71. The average Bonchev–Trinajstić information content (AvgIpc) is 2.37. The van der Waals surface area contributed by atoms with E-state index in [1.54, 1.807) is 6.07 Å². The molecular formula is C14H11F4NO. The zero-order chi connectivity index (χ0) is 14.8. The van der Waals surface area contributed by atoms with Gasteiger partial charge in [-0.3, -0.25) is 0 Å². The van der Waals surface area contributed by atoms with Gasteiger partial charge in [-0.05, 0) is 35.4 Å². The molecular weight excluding hydrogens is 274 g/mol. The molecule has 2 rings (SSSR count). The minimum absolute atomic E-state index is 0.326. The first-order chi connectivity index (χ1) is 9.35. The third-order valence-electron chi connectivity index (χ3n) is 2.68. The topological polar surface area (TPSA) is 35.2 Å². The predicted molar refractivity (Wildman–Crippen MR) is 65.6 cm³/mol. The van der Waals surface area contributed by atoms with E-state index in [1.807, 2.05) is 0 Å². The van der Waals surface area contributed by atoms with E-state index in [0.717, 1.165) is 0 Å². The van der Waals surface area contributed by atoms with E-state index < -0.39 is 18.2 Å². The van der Waals surface area contributed by atoms with Crippen LogP contribution in [0.1, 0.15) is 17.2 Å². The van der Waals surface area contributed by atoms with Crippen LogP contribution in [-0.4, -0.2) is 6.36 Å². The summed E-state index contributed by atoms with van der Waals surface area (Å²) in [7, 11) is 0. The normalized spacial score (nSPS) is 13.1. The molecule has 0 bridgehead atoms. The van der Waals surface area contributed by atoms with Crippen LogP contribution >= 0.6 is 0 Å². The summed E-state index contributed by atoms with van der Waals surface area (Å²) in [6.45, 7) is 0. The lowest BCUT2D eigenvalue weighted by Gasteiger charge is -2.14. The summed E-state index contributed by atoms with van der Waals surface area (Å²) in [4.78, 5) is 0. The van der Waals surface area contributed by atoms with Gasteiger partial charge in [0.2, 0.25) is 0 Å². The lowest BCUT2D eigenvalue weighted by molar-refractivity contribution is -0.274. The Morgan fingerprint density at radius 2 is 1.60 bits per heavy atom. The number of hydrogen-bond acceptors (Lipinski definition) is 2. The Morgan fingerprint density at radius 3 is 2.15 bits per heavy atom. The molecule has 2 N–H and O–H groups in total. The monoisotopic (exact) mass is 285 g/mol. The van der Waals surface area contributed by atoms with Crippen LogP contribution in [0.5, 0.6) is 5.75 Å². The molecule has 0 heterocycles. The fourth-order valence-corrected chi connectivity index (χ4v) is 1.77. The molecule has 0 aliphatic heterocycles. The van der Waals surface area contributed by atoms with E-state index >= 15 is 0 Å². The quantitative estimate of drug-likeness (QED) is 0.871. The Bertz CT molecular complexity index is 580. The van der Waals surface area contributed by atoms with Crippen LogP contribution in [0.3, 0.4) is 0 Å². The summed E-state index contributed by atoms with van der Waals surface area (Å²) in [5.41, 5.74) is 7.03. The van der Waals surface area contributed by atoms with Crippen LogP contribution in [-0.2, 0) is 0 Å². The summed E-state index contributed by atoms with van der Waals surface area (Å²) in [6, 6.07) is 10.3. The summed E-state index contributed by atoms with van der Waals surface area (Å²) >= 11 is 0. The summed E-state index contributed by atoms with van der Waals surface area (Å²) in [5.74, 6) is -0.748. The number of alkyl halides is 3. The smallest absolute Gasteiger partial charge is 0.406 e. The highest BCUT2D eigenvalue weighted by molar-refractivity contribution is 5.35. The molecule has 106 valence electrons. The van der Waals surface area contributed by atoms with E-state index in [-0.39, 0.29) is 5.75 Å². The molecule has 0 aromatic heterocycles. The Labute approximate surface area is 112 Å². The van der Waals surface area contributed by atoms with Crippen molar-refractivity contribution in [3.8, 4) is 5.75 Å². The minimum Gasteiger partial charge on any atom is -0.406 e. The van der Waals surface area contributed by atoms with Crippen molar-refractivity contribution >= 4 is 0 Å². The Kier molecular flexibility index (Phi) is 3.94. The van der Waals surface area contributed by atoms with Crippen molar-refractivity contribution in [3.63, 3.8) is 0 Å². The fourth-order valence-electron chi connectivity index (χ4n) is 1.77. The maximum absolute atomic E-state index is 13.1. The van der Waals surface area contributed by atoms with Crippen molar-refractivity contribution in [3.05, 3.63) is 65.5 Å². The average molecular weight is 285 g/mol. The molecule has 2 nitrogen and oxygen atoms in total. The van der Waals surface area contributed by atoms with Gasteiger partial charge < -0.3 is 10.5 Å². The first-order valence-electron chi connectivity index (χ1n) is 5.72. The van der Waals surface area contributed by atoms with Crippen LogP contribution in [0, 0.1) is 5.82 Å². The first kappa shape index (κ1) is 14.3. The molecule has 2 aromatic carbocycles. The molecule has 0 aliphatic rings. The summed E-state index contributed by atoms with van der Waals surface area (Å²) < 4.78 is 52.9. The molecule has 1 atom stereocenters. The second kappa shape index (κ2) is 5.50. The number of halogens is 4. The predicted octanol–water partition coefficient (Wildman–Crippen LogP) is 3.77. The summed E-state index contributed by atoms with van der Waals surface area (Å²) in [6.07, 6.45) is -4.73. The summed E-state index contributed by atoms with van der Waals surface area (Å²) in [5, 5.41) is 0. The minimum atomic E-state index is -4.73. The molecule has 0 aliphatic carbocycles. The van der Waals surface area contributed by atoms with Crippen molar-refractivity contribution in [1.82, 2.24) is 0 Å². The maximum atomic E-state index is 13.1. The molecule has 6 heteroatoms. The van der Waals surface area contributed by atoms with Crippen molar-refractivity contribution in [2.45, 2.75) is 12.4 Å². The van der Waals surface area contributed by atoms with Gasteiger partial charge in [0.25, 0.3) is 0 Å². The molecule has 1 unspecified atom stereocenters. The molecule has 0 radical (unpaired) electrons. The van der Waals surface area contributed by atoms with Gasteiger partial charge in [0, 0.05) is 0 Å². The van der Waals surface area contributed by atoms with E-state index in [2.05, 4.69) is 4.74 Å². The number of ether oxygens (including phenoxy) is 1. The largest absolute Gasteiger partial charge is 0.573 e. The number of nitrogens with two attached hydrogens (primary N) is 1. The van der Waals surface area contributed by atoms with Gasteiger partial charge in [-0.15, -0.1) is 13.2 Å². The van der Waals surface area contributed by atoms with E-state index in [1.165, 1.54) is 42.5 Å². The highest BCUT2D eigenvalue weighted by Gasteiger charge is 2.31. The first-order valence-corrected chi connectivity index (χ1v) is 5.72. The lowest BCUT2D eigenvalue weighted by atomic mass is 9.99. The van der Waals surface area contributed by atoms with Crippen LogP contribution in [0.25, 0.3) is 0 Å². The van der Waals surface area contributed by atoms with Gasteiger partial charge in [0.15, 0.2) is 0 Å². The maximum Gasteiger partial charge on any atom is 0.573 e. The van der Waals surface area contributed by atoms with E-state index in [0.29, 0.717) is 11.1 Å².